The largest absolute Gasteiger partial charge is 0.271 e. The zero-order chi connectivity index (χ0) is 14.9. The molecule has 20 heavy (non-hydrogen) atoms. The fourth-order valence-electron chi connectivity index (χ4n) is 2.35. The minimum atomic E-state index is -0.0520. The van der Waals surface area contributed by atoms with Gasteiger partial charge >= 0.3 is 0 Å². The predicted molar refractivity (Wildman–Crippen MR) is 94.0 cm³/mol. The molecule has 4 heteroatoms. The SMILES string of the molecule is Cc1cc(C)c(C(NN)c2ccc(I)c(Cl)c2)cc1C. The Bertz CT molecular complexity index is 641. The molecule has 0 saturated carbocycles. The molecular formula is C16H18ClIN2. The van der Waals surface area contributed by atoms with Gasteiger partial charge in [-0.15, -0.1) is 0 Å². The van der Waals surface area contributed by atoms with E-state index >= 15 is 0 Å². The molecule has 0 spiro atoms. The van der Waals surface area contributed by atoms with Crippen LogP contribution in [0.25, 0.3) is 0 Å². The van der Waals surface area contributed by atoms with Crippen molar-refractivity contribution in [2.24, 2.45) is 5.84 Å². The van der Waals surface area contributed by atoms with Crippen LogP contribution >= 0.6 is 34.2 Å². The standard InChI is InChI=1S/C16H18ClIN2/c1-9-6-11(3)13(7-10(9)2)16(20-19)12-4-5-15(18)14(17)8-12/h4-8,16,20H,19H2,1-3H3. The zero-order valence-corrected chi connectivity index (χ0v) is 14.7. The monoisotopic (exact) mass is 400 g/mol. The molecule has 0 fully saturated rings. The maximum atomic E-state index is 6.22. The Kier molecular flexibility index (Phi) is 5.07. The Balaban J connectivity index is 2.52. The normalized spacial score (nSPS) is 12.5. The van der Waals surface area contributed by atoms with Crippen molar-refractivity contribution in [3.63, 3.8) is 0 Å². The van der Waals surface area contributed by atoms with E-state index in [0.717, 1.165) is 14.2 Å². The molecule has 2 nitrogen and oxygen atoms in total. The van der Waals surface area contributed by atoms with Crippen molar-refractivity contribution in [3.05, 3.63) is 66.7 Å². The molecule has 3 N–H and O–H groups in total. The predicted octanol–water partition coefficient (Wildman–Crippen LogP) is 4.42. The van der Waals surface area contributed by atoms with E-state index in [1.54, 1.807) is 0 Å². The van der Waals surface area contributed by atoms with Gasteiger partial charge in [-0.05, 0) is 83.3 Å². The van der Waals surface area contributed by atoms with E-state index in [1.165, 1.54) is 22.3 Å². The Labute approximate surface area is 138 Å². The molecule has 1 atom stereocenters. The fourth-order valence-corrected chi connectivity index (χ4v) is 2.88. The van der Waals surface area contributed by atoms with Gasteiger partial charge in [0.2, 0.25) is 0 Å². The number of aryl methyl sites for hydroxylation is 3. The first-order valence-corrected chi connectivity index (χ1v) is 7.88. The van der Waals surface area contributed by atoms with E-state index in [9.17, 15) is 0 Å². The van der Waals surface area contributed by atoms with Crippen LogP contribution in [-0.4, -0.2) is 0 Å². The van der Waals surface area contributed by atoms with Crippen LogP contribution in [0.15, 0.2) is 30.3 Å². The highest BCUT2D eigenvalue weighted by Crippen LogP contribution is 2.29. The summed E-state index contributed by atoms with van der Waals surface area (Å²) >= 11 is 8.45. The molecule has 0 heterocycles. The first-order valence-electron chi connectivity index (χ1n) is 6.43. The second kappa shape index (κ2) is 6.43. The fraction of sp³-hybridized carbons (Fsp3) is 0.250. The lowest BCUT2D eigenvalue weighted by molar-refractivity contribution is 0.633. The van der Waals surface area contributed by atoms with Crippen molar-refractivity contribution < 1.29 is 0 Å². The molecular weight excluding hydrogens is 383 g/mol. The molecule has 2 rings (SSSR count). The van der Waals surface area contributed by atoms with Gasteiger partial charge in [-0.2, -0.15) is 0 Å². The van der Waals surface area contributed by atoms with E-state index in [0.29, 0.717) is 0 Å². The molecule has 0 bridgehead atoms. The third-order valence-electron chi connectivity index (χ3n) is 3.64. The highest BCUT2D eigenvalue weighted by Gasteiger charge is 2.16. The van der Waals surface area contributed by atoms with E-state index < -0.39 is 0 Å². The van der Waals surface area contributed by atoms with Crippen LogP contribution in [-0.2, 0) is 0 Å². The summed E-state index contributed by atoms with van der Waals surface area (Å²) in [6.07, 6.45) is 0. The molecule has 0 saturated heterocycles. The molecule has 0 radical (unpaired) electrons. The Morgan fingerprint density at radius 2 is 1.70 bits per heavy atom. The molecule has 106 valence electrons. The van der Waals surface area contributed by atoms with Crippen molar-refractivity contribution in [2.75, 3.05) is 0 Å². The minimum absolute atomic E-state index is 0.0520. The third-order valence-corrected chi connectivity index (χ3v) is 5.21. The second-order valence-electron chi connectivity index (χ2n) is 5.07. The first-order chi connectivity index (χ1) is 9.43. The first kappa shape index (κ1) is 15.8. The molecule has 0 aliphatic heterocycles. The summed E-state index contributed by atoms with van der Waals surface area (Å²) in [4.78, 5) is 0. The van der Waals surface area contributed by atoms with Gasteiger partial charge in [0.05, 0.1) is 11.1 Å². The molecule has 0 amide bonds. The second-order valence-corrected chi connectivity index (χ2v) is 6.64. The summed E-state index contributed by atoms with van der Waals surface area (Å²) in [5.41, 5.74) is 8.96. The molecule has 0 aliphatic carbocycles. The maximum Gasteiger partial charge on any atom is 0.0713 e. The van der Waals surface area contributed by atoms with Crippen LogP contribution in [0.3, 0.4) is 0 Å². The van der Waals surface area contributed by atoms with Crippen LogP contribution in [0, 0.1) is 24.3 Å². The number of halogens is 2. The average molecular weight is 401 g/mol. The summed E-state index contributed by atoms with van der Waals surface area (Å²) in [6.45, 7) is 6.35. The van der Waals surface area contributed by atoms with Crippen molar-refractivity contribution in [3.8, 4) is 0 Å². The lowest BCUT2D eigenvalue weighted by atomic mass is 9.92. The van der Waals surface area contributed by atoms with Gasteiger partial charge in [-0.25, -0.2) is 5.43 Å². The number of benzene rings is 2. The highest BCUT2D eigenvalue weighted by molar-refractivity contribution is 14.1. The van der Waals surface area contributed by atoms with Gasteiger partial charge in [0, 0.05) is 3.57 Å². The van der Waals surface area contributed by atoms with Crippen molar-refractivity contribution in [1.82, 2.24) is 5.43 Å². The zero-order valence-electron chi connectivity index (χ0n) is 11.8. The maximum absolute atomic E-state index is 6.22. The topological polar surface area (TPSA) is 38.0 Å². The van der Waals surface area contributed by atoms with Crippen LogP contribution < -0.4 is 11.3 Å². The lowest BCUT2D eigenvalue weighted by Crippen LogP contribution is -2.29. The Morgan fingerprint density at radius 3 is 2.30 bits per heavy atom. The van der Waals surface area contributed by atoms with Crippen molar-refractivity contribution >= 4 is 34.2 Å². The van der Waals surface area contributed by atoms with Gasteiger partial charge in [-0.3, -0.25) is 5.84 Å². The van der Waals surface area contributed by atoms with Crippen LogP contribution in [0.5, 0.6) is 0 Å². The van der Waals surface area contributed by atoms with E-state index in [2.05, 4.69) is 67.0 Å². The lowest BCUT2D eigenvalue weighted by Gasteiger charge is -2.21. The van der Waals surface area contributed by atoms with Crippen LogP contribution in [0.2, 0.25) is 5.02 Å². The summed E-state index contributed by atoms with van der Waals surface area (Å²) < 4.78 is 1.04. The Hall–Kier alpha value is -0.620. The molecule has 0 aliphatic rings. The summed E-state index contributed by atoms with van der Waals surface area (Å²) in [5.74, 6) is 5.79. The smallest absolute Gasteiger partial charge is 0.0713 e. The molecule has 2 aromatic carbocycles. The minimum Gasteiger partial charge on any atom is -0.271 e. The van der Waals surface area contributed by atoms with Crippen LogP contribution in [0.1, 0.15) is 33.9 Å². The molecule has 2 aromatic rings. The number of nitrogens with two attached hydrogens (primary N) is 1. The van der Waals surface area contributed by atoms with Gasteiger partial charge in [0.15, 0.2) is 0 Å². The van der Waals surface area contributed by atoms with E-state index in [1.807, 2.05) is 12.1 Å². The summed E-state index contributed by atoms with van der Waals surface area (Å²) in [6, 6.07) is 10.4. The number of hydrogen-bond acceptors (Lipinski definition) is 2. The quantitative estimate of drug-likeness (QED) is 0.455. The van der Waals surface area contributed by atoms with E-state index in [4.69, 9.17) is 17.4 Å². The van der Waals surface area contributed by atoms with Gasteiger partial charge in [0.25, 0.3) is 0 Å². The molecule has 0 aromatic heterocycles. The number of hydrazine groups is 1. The van der Waals surface area contributed by atoms with Gasteiger partial charge in [-0.1, -0.05) is 29.8 Å². The number of nitrogens with one attached hydrogen (secondary N) is 1. The summed E-state index contributed by atoms with van der Waals surface area (Å²) in [7, 11) is 0. The van der Waals surface area contributed by atoms with E-state index in [-0.39, 0.29) is 6.04 Å². The summed E-state index contributed by atoms with van der Waals surface area (Å²) in [5, 5.41) is 0.754. The third kappa shape index (κ3) is 3.17. The van der Waals surface area contributed by atoms with Crippen molar-refractivity contribution in [1.29, 1.82) is 0 Å². The van der Waals surface area contributed by atoms with Gasteiger partial charge in [0.1, 0.15) is 0 Å². The van der Waals surface area contributed by atoms with Crippen molar-refractivity contribution in [2.45, 2.75) is 26.8 Å². The number of rotatable bonds is 3. The average Bonchev–Trinajstić information content (AvgIpc) is 2.40. The molecule has 1 unspecified atom stereocenters. The van der Waals surface area contributed by atoms with Gasteiger partial charge < -0.3 is 0 Å². The number of hydrogen-bond donors (Lipinski definition) is 2. The van der Waals surface area contributed by atoms with Crippen LogP contribution in [0.4, 0.5) is 0 Å². The Morgan fingerprint density at radius 1 is 1.05 bits per heavy atom. The highest BCUT2D eigenvalue weighted by atomic mass is 127.